The van der Waals surface area contributed by atoms with Crippen molar-refractivity contribution in [1.29, 1.82) is 0 Å². The zero-order chi connectivity index (χ0) is 29.3. The van der Waals surface area contributed by atoms with E-state index in [9.17, 15) is 19.5 Å². The third kappa shape index (κ3) is 5.15. The number of phenols is 1. The minimum absolute atomic E-state index is 0.0523. The zero-order valence-corrected chi connectivity index (χ0v) is 22.8. The van der Waals surface area contributed by atoms with Crippen molar-refractivity contribution in [2.24, 2.45) is 0 Å². The van der Waals surface area contributed by atoms with Crippen molar-refractivity contribution >= 4 is 29.6 Å². The number of piperazine rings is 1. The van der Waals surface area contributed by atoms with E-state index in [1.807, 2.05) is 24.3 Å². The number of rotatable bonds is 6. The van der Waals surface area contributed by atoms with Gasteiger partial charge in [-0.25, -0.2) is 4.79 Å². The summed E-state index contributed by atoms with van der Waals surface area (Å²) in [6.07, 6.45) is 6.69. The molecule has 1 unspecified atom stereocenters. The first-order chi connectivity index (χ1) is 20.3. The number of anilines is 1. The number of phenolic OH excluding ortho intramolecular Hbond substituents is 1. The molecule has 4 amide bonds. The van der Waals surface area contributed by atoms with Crippen molar-refractivity contribution in [3.63, 3.8) is 0 Å². The molecule has 11 heteroatoms. The van der Waals surface area contributed by atoms with Crippen LogP contribution in [0.2, 0.25) is 0 Å². The number of carbonyl (C=O) groups is 3. The standard InChI is InChI=1S/C31H29N7O4/c1-2-25-26(39)6-4-22-18-38(28(40)27(22)25)20-31(29(41)34-30(42)35-31)10-7-21-3-5-23(33-17-21)19-36-13-15-37(16-14-36)24-8-11-32-12-9-24/h2-6,8-9,11-12,17,39H,1,13-16,18-20H2,(H2,34,35,41,42). The number of pyridine rings is 2. The monoisotopic (exact) mass is 563 g/mol. The number of aromatic nitrogens is 2. The SMILES string of the molecule is C=Cc1c(O)ccc2c1C(=O)N(CC1(C#Cc3ccc(CN4CCN(c5ccncc5)CC4)nc3)NC(=O)NC1=O)C2. The number of carbonyl (C=O) groups excluding carboxylic acids is 3. The highest BCUT2D eigenvalue weighted by molar-refractivity contribution is 6.10. The summed E-state index contributed by atoms with van der Waals surface area (Å²) >= 11 is 0. The van der Waals surface area contributed by atoms with Gasteiger partial charge in [0.25, 0.3) is 11.8 Å². The summed E-state index contributed by atoms with van der Waals surface area (Å²) in [5.41, 5.74) is 2.37. The lowest BCUT2D eigenvalue weighted by molar-refractivity contribution is -0.122. The molecule has 1 aromatic carbocycles. The third-order valence-corrected chi connectivity index (χ3v) is 7.78. The number of amides is 4. The molecule has 3 aromatic rings. The Kier molecular flexibility index (Phi) is 7.06. The highest BCUT2D eigenvalue weighted by Gasteiger charge is 2.48. The minimum atomic E-state index is -1.64. The second kappa shape index (κ2) is 11.0. The molecule has 11 nitrogen and oxygen atoms in total. The van der Waals surface area contributed by atoms with E-state index in [0.29, 0.717) is 28.8 Å². The first-order valence-corrected chi connectivity index (χ1v) is 13.6. The molecule has 42 heavy (non-hydrogen) atoms. The maximum Gasteiger partial charge on any atom is 0.323 e. The number of imide groups is 1. The van der Waals surface area contributed by atoms with Crippen LogP contribution in [0.3, 0.4) is 0 Å². The molecule has 3 aliphatic rings. The topological polar surface area (TPSA) is 131 Å². The van der Waals surface area contributed by atoms with Gasteiger partial charge in [-0.15, -0.1) is 0 Å². The van der Waals surface area contributed by atoms with Crippen molar-refractivity contribution in [2.45, 2.75) is 18.6 Å². The van der Waals surface area contributed by atoms with E-state index >= 15 is 0 Å². The summed E-state index contributed by atoms with van der Waals surface area (Å²) in [6.45, 7) is 8.11. The second-order valence-corrected chi connectivity index (χ2v) is 10.5. The summed E-state index contributed by atoms with van der Waals surface area (Å²) in [4.78, 5) is 53.1. The second-order valence-electron chi connectivity index (χ2n) is 10.5. The average Bonchev–Trinajstić information content (AvgIpc) is 3.47. The number of urea groups is 1. The molecule has 2 fully saturated rings. The maximum atomic E-state index is 13.3. The minimum Gasteiger partial charge on any atom is -0.507 e. The molecule has 3 aliphatic heterocycles. The first kappa shape index (κ1) is 27.0. The zero-order valence-electron chi connectivity index (χ0n) is 22.8. The smallest absolute Gasteiger partial charge is 0.323 e. The van der Waals surface area contributed by atoms with Crippen molar-refractivity contribution in [1.82, 2.24) is 30.4 Å². The Labute approximate surface area is 242 Å². The van der Waals surface area contributed by atoms with Crippen LogP contribution in [0.15, 0.2) is 61.6 Å². The Hall–Kier alpha value is -5.21. The van der Waals surface area contributed by atoms with Crippen LogP contribution >= 0.6 is 0 Å². The molecular weight excluding hydrogens is 534 g/mol. The lowest BCUT2D eigenvalue weighted by Crippen LogP contribution is -2.54. The van der Waals surface area contributed by atoms with E-state index < -0.39 is 17.5 Å². The molecule has 1 atom stereocenters. The van der Waals surface area contributed by atoms with Gasteiger partial charge in [-0.1, -0.05) is 30.6 Å². The van der Waals surface area contributed by atoms with E-state index in [0.717, 1.165) is 31.9 Å². The Morgan fingerprint density at radius 3 is 2.50 bits per heavy atom. The number of benzene rings is 1. The molecule has 3 N–H and O–H groups in total. The van der Waals surface area contributed by atoms with Crippen molar-refractivity contribution in [2.75, 3.05) is 37.6 Å². The Balaban J connectivity index is 1.14. The quantitative estimate of drug-likeness (QED) is 0.305. The largest absolute Gasteiger partial charge is 0.507 e. The fourth-order valence-corrected chi connectivity index (χ4v) is 5.54. The molecule has 2 aromatic heterocycles. The fourth-order valence-electron chi connectivity index (χ4n) is 5.54. The van der Waals surface area contributed by atoms with Crippen LogP contribution in [-0.2, 0) is 17.9 Å². The number of nitrogens with one attached hydrogen (secondary N) is 2. The van der Waals surface area contributed by atoms with Crippen molar-refractivity contribution in [3.8, 4) is 17.6 Å². The van der Waals surface area contributed by atoms with Gasteiger partial charge in [0, 0.05) is 74.7 Å². The van der Waals surface area contributed by atoms with Crippen molar-refractivity contribution < 1.29 is 19.5 Å². The highest BCUT2D eigenvalue weighted by Crippen LogP contribution is 2.33. The summed E-state index contributed by atoms with van der Waals surface area (Å²) < 4.78 is 0. The number of nitrogens with zero attached hydrogens (tertiary/aromatic N) is 5. The Morgan fingerprint density at radius 1 is 1.05 bits per heavy atom. The van der Waals surface area contributed by atoms with Crippen LogP contribution in [0.4, 0.5) is 10.5 Å². The summed E-state index contributed by atoms with van der Waals surface area (Å²) in [5.74, 6) is 4.81. The lowest BCUT2D eigenvalue weighted by atomic mass is 9.99. The molecule has 5 heterocycles. The highest BCUT2D eigenvalue weighted by atomic mass is 16.3. The van der Waals surface area contributed by atoms with Crippen LogP contribution in [0, 0.1) is 11.8 Å². The predicted molar refractivity (Wildman–Crippen MR) is 155 cm³/mol. The number of aromatic hydroxyl groups is 1. The van der Waals surface area contributed by atoms with Gasteiger partial charge < -0.3 is 20.2 Å². The van der Waals surface area contributed by atoms with Gasteiger partial charge in [-0.05, 0) is 35.9 Å². The van der Waals surface area contributed by atoms with Gasteiger partial charge in [-0.2, -0.15) is 0 Å². The van der Waals surface area contributed by atoms with Gasteiger partial charge in [0.1, 0.15) is 5.75 Å². The van der Waals surface area contributed by atoms with Gasteiger partial charge in [0.2, 0.25) is 5.54 Å². The molecule has 0 saturated carbocycles. The van der Waals surface area contributed by atoms with Gasteiger partial charge in [0.05, 0.1) is 17.8 Å². The van der Waals surface area contributed by atoms with Gasteiger partial charge >= 0.3 is 6.03 Å². The van der Waals surface area contributed by atoms with E-state index in [1.165, 1.54) is 22.7 Å². The molecular formula is C31H29N7O4. The third-order valence-electron chi connectivity index (χ3n) is 7.78. The summed E-state index contributed by atoms with van der Waals surface area (Å²) in [7, 11) is 0. The van der Waals surface area contributed by atoms with Crippen LogP contribution in [0.5, 0.6) is 5.75 Å². The van der Waals surface area contributed by atoms with Crippen molar-refractivity contribution in [3.05, 3.63) is 89.5 Å². The molecule has 0 bridgehead atoms. The molecule has 6 rings (SSSR count). The van der Waals surface area contributed by atoms with E-state index in [1.54, 1.807) is 24.7 Å². The molecule has 2 saturated heterocycles. The average molecular weight is 564 g/mol. The number of hydrogen-bond acceptors (Lipinski definition) is 8. The molecule has 212 valence electrons. The van der Waals surface area contributed by atoms with Gasteiger partial charge in [0.15, 0.2) is 0 Å². The first-order valence-electron chi connectivity index (χ1n) is 13.6. The number of fused-ring (bicyclic) bond motifs is 1. The summed E-state index contributed by atoms with van der Waals surface area (Å²) in [6, 6.07) is 10.3. The normalized spacial score (nSPS) is 20.0. The van der Waals surface area contributed by atoms with Crippen LogP contribution < -0.4 is 15.5 Å². The fraction of sp³-hybridized carbons (Fsp3) is 0.258. The number of hydrogen-bond donors (Lipinski definition) is 3. The lowest BCUT2D eigenvalue weighted by Gasteiger charge is -2.35. The molecule has 0 aliphatic carbocycles. The van der Waals surface area contributed by atoms with Crippen LogP contribution in [0.1, 0.15) is 32.7 Å². The Morgan fingerprint density at radius 2 is 1.83 bits per heavy atom. The van der Waals surface area contributed by atoms with E-state index in [-0.39, 0.29) is 24.7 Å². The van der Waals surface area contributed by atoms with Crippen LogP contribution in [0.25, 0.3) is 6.08 Å². The predicted octanol–water partition coefficient (Wildman–Crippen LogP) is 1.73. The van der Waals surface area contributed by atoms with Crippen LogP contribution in [-0.4, -0.2) is 81.0 Å². The molecule has 0 spiro atoms. The Bertz CT molecular complexity index is 1620. The van der Waals surface area contributed by atoms with Gasteiger partial charge in [-0.3, -0.25) is 29.8 Å². The maximum absolute atomic E-state index is 13.3. The molecule has 0 radical (unpaired) electrons. The van der Waals surface area contributed by atoms with E-state index in [2.05, 4.69) is 48.8 Å². The van der Waals surface area contributed by atoms with E-state index in [4.69, 9.17) is 0 Å². The summed E-state index contributed by atoms with van der Waals surface area (Å²) in [5, 5.41) is 15.0.